The first-order valence-electron chi connectivity index (χ1n) is 5.02. The summed E-state index contributed by atoms with van der Waals surface area (Å²) in [7, 11) is 2.10. The van der Waals surface area contributed by atoms with Crippen molar-refractivity contribution in [2.24, 2.45) is 11.7 Å². The molecule has 0 aromatic heterocycles. The molecule has 3 heteroatoms. The minimum Gasteiger partial charge on any atom is -0.392 e. The van der Waals surface area contributed by atoms with E-state index in [4.69, 9.17) is 18.0 Å². The zero-order valence-corrected chi connectivity index (χ0v) is 10.0. The van der Waals surface area contributed by atoms with Crippen LogP contribution in [0.1, 0.15) is 33.6 Å². The maximum Gasteiger partial charge on any atom is 0.0901 e. The first-order chi connectivity index (χ1) is 6.02. The van der Waals surface area contributed by atoms with Gasteiger partial charge in [-0.2, -0.15) is 0 Å². The normalized spacial score (nSPS) is 15.8. The van der Waals surface area contributed by atoms with Gasteiger partial charge in [-0.15, -0.1) is 0 Å². The quantitative estimate of drug-likeness (QED) is 0.668. The third-order valence-electron chi connectivity index (χ3n) is 2.54. The van der Waals surface area contributed by atoms with Gasteiger partial charge in [-0.05, 0) is 19.4 Å². The van der Waals surface area contributed by atoms with Crippen molar-refractivity contribution in [1.29, 1.82) is 0 Å². The molecule has 0 fully saturated rings. The summed E-state index contributed by atoms with van der Waals surface area (Å²) in [5.41, 5.74) is 5.66. The molecule has 0 aliphatic carbocycles. The molecule has 2 unspecified atom stereocenters. The van der Waals surface area contributed by atoms with Crippen LogP contribution < -0.4 is 5.73 Å². The number of rotatable bonds is 6. The third kappa shape index (κ3) is 4.58. The molecule has 0 saturated carbocycles. The SMILES string of the molecule is CCC(C)CN(C)C(CC)C(N)=S. The number of thiocarbonyl (C=S) groups is 1. The van der Waals surface area contributed by atoms with E-state index in [1.165, 1.54) is 6.42 Å². The van der Waals surface area contributed by atoms with Gasteiger partial charge in [0.1, 0.15) is 0 Å². The summed E-state index contributed by atoms with van der Waals surface area (Å²) in [6, 6.07) is 0.268. The molecule has 0 heterocycles. The number of likely N-dealkylation sites (N-methyl/N-ethyl adjacent to an activating group) is 1. The van der Waals surface area contributed by atoms with E-state index >= 15 is 0 Å². The molecular formula is C10H22N2S. The lowest BCUT2D eigenvalue weighted by atomic mass is 10.1. The van der Waals surface area contributed by atoms with Crippen molar-refractivity contribution >= 4 is 17.2 Å². The van der Waals surface area contributed by atoms with Crippen LogP contribution in [-0.2, 0) is 0 Å². The van der Waals surface area contributed by atoms with Gasteiger partial charge in [0.2, 0.25) is 0 Å². The van der Waals surface area contributed by atoms with E-state index in [0.29, 0.717) is 10.9 Å². The number of nitrogens with zero attached hydrogens (tertiary/aromatic N) is 1. The summed E-state index contributed by atoms with van der Waals surface area (Å²) in [4.78, 5) is 2.88. The second kappa shape index (κ2) is 6.33. The molecule has 0 aromatic carbocycles. The molecule has 0 aliphatic heterocycles. The highest BCUT2D eigenvalue weighted by atomic mass is 32.1. The summed E-state index contributed by atoms with van der Waals surface area (Å²) in [5, 5.41) is 0. The Labute approximate surface area is 87.5 Å². The highest BCUT2D eigenvalue weighted by Gasteiger charge is 2.16. The van der Waals surface area contributed by atoms with E-state index in [1.807, 2.05) is 0 Å². The number of hydrogen-bond acceptors (Lipinski definition) is 2. The van der Waals surface area contributed by atoms with Crippen LogP contribution in [0.2, 0.25) is 0 Å². The van der Waals surface area contributed by atoms with Gasteiger partial charge in [0.05, 0.1) is 11.0 Å². The Morgan fingerprint density at radius 3 is 2.23 bits per heavy atom. The van der Waals surface area contributed by atoms with Crippen LogP contribution in [0.25, 0.3) is 0 Å². The van der Waals surface area contributed by atoms with Crippen LogP contribution in [0.4, 0.5) is 0 Å². The molecule has 0 radical (unpaired) electrons. The van der Waals surface area contributed by atoms with E-state index in [1.54, 1.807) is 0 Å². The second-order valence-electron chi connectivity index (χ2n) is 3.78. The van der Waals surface area contributed by atoms with Crippen LogP contribution in [0, 0.1) is 5.92 Å². The molecule has 0 spiro atoms. The molecule has 0 bridgehead atoms. The topological polar surface area (TPSA) is 29.3 Å². The van der Waals surface area contributed by atoms with Crippen LogP contribution in [-0.4, -0.2) is 29.5 Å². The molecule has 13 heavy (non-hydrogen) atoms. The Kier molecular flexibility index (Phi) is 6.25. The van der Waals surface area contributed by atoms with Gasteiger partial charge >= 0.3 is 0 Å². The fourth-order valence-corrected chi connectivity index (χ4v) is 1.82. The lowest BCUT2D eigenvalue weighted by molar-refractivity contribution is 0.249. The molecule has 0 aliphatic rings. The van der Waals surface area contributed by atoms with Crippen molar-refractivity contribution in [2.45, 2.75) is 39.7 Å². The molecule has 2 N–H and O–H groups in total. The highest BCUT2D eigenvalue weighted by Crippen LogP contribution is 2.08. The fourth-order valence-electron chi connectivity index (χ4n) is 1.48. The fraction of sp³-hybridized carbons (Fsp3) is 0.900. The van der Waals surface area contributed by atoms with Gasteiger partial charge < -0.3 is 5.73 Å². The zero-order valence-electron chi connectivity index (χ0n) is 9.21. The second-order valence-corrected chi connectivity index (χ2v) is 4.25. The first kappa shape index (κ1) is 12.8. The van der Waals surface area contributed by atoms with Crippen molar-refractivity contribution in [3.05, 3.63) is 0 Å². The average molecular weight is 202 g/mol. The smallest absolute Gasteiger partial charge is 0.0901 e. The molecule has 0 amide bonds. The lowest BCUT2D eigenvalue weighted by Crippen LogP contribution is -2.42. The van der Waals surface area contributed by atoms with Gasteiger partial charge in [0.15, 0.2) is 0 Å². The zero-order chi connectivity index (χ0) is 10.4. The summed E-state index contributed by atoms with van der Waals surface area (Å²) in [5.74, 6) is 0.716. The summed E-state index contributed by atoms with van der Waals surface area (Å²) >= 11 is 5.02. The minimum atomic E-state index is 0.268. The Bertz CT molecular complexity index is 159. The first-order valence-corrected chi connectivity index (χ1v) is 5.43. The Hall–Kier alpha value is -0.150. The van der Waals surface area contributed by atoms with Gasteiger partial charge in [0.25, 0.3) is 0 Å². The standard InChI is InChI=1S/C10H22N2S/c1-5-8(3)7-12(4)9(6-2)10(11)13/h8-9H,5-7H2,1-4H3,(H2,11,13). The Morgan fingerprint density at radius 2 is 1.92 bits per heavy atom. The average Bonchev–Trinajstić information content (AvgIpc) is 2.04. The van der Waals surface area contributed by atoms with Crippen molar-refractivity contribution in [3.8, 4) is 0 Å². The van der Waals surface area contributed by atoms with E-state index in [9.17, 15) is 0 Å². The summed E-state index contributed by atoms with van der Waals surface area (Å²) in [6.07, 6.45) is 2.21. The summed E-state index contributed by atoms with van der Waals surface area (Å²) < 4.78 is 0. The largest absolute Gasteiger partial charge is 0.392 e. The van der Waals surface area contributed by atoms with Crippen molar-refractivity contribution < 1.29 is 0 Å². The van der Waals surface area contributed by atoms with Gasteiger partial charge in [-0.25, -0.2) is 0 Å². The van der Waals surface area contributed by atoms with E-state index in [-0.39, 0.29) is 6.04 Å². The number of nitrogens with two attached hydrogens (primary N) is 1. The Morgan fingerprint density at radius 1 is 1.38 bits per heavy atom. The van der Waals surface area contributed by atoms with Crippen molar-refractivity contribution in [1.82, 2.24) is 4.90 Å². The highest BCUT2D eigenvalue weighted by molar-refractivity contribution is 7.80. The molecular weight excluding hydrogens is 180 g/mol. The van der Waals surface area contributed by atoms with Gasteiger partial charge in [-0.3, -0.25) is 4.90 Å². The predicted molar refractivity (Wildman–Crippen MR) is 62.9 cm³/mol. The molecule has 2 nitrogen and oxygen atoms in total. The molecule has 0 aromatic rings. The number of hydrogen-bond donors (Lipinski definition) is 1. The van der Waals surface area contributed by atoms with Crippen LogP contribution in [0.3, 0.4) is 0 Å². The molecule has 0 saturated heterocycles. The maximum atomic E-state index is 5.66. The third-order valence-corrected chi connectivity index (χ3v) is 2.82. The van der Waals surface area contributed by atoms with E-state index < -0.39 is 0 Å². The van der Waals surface area contributed by atoms with Crippen molar-refractivity contribution in [3.63, 3.8) is 0 Å². The van der Waals surface area contributed by atoms with Gasteiger partial charge in [-0.1, -0.05) is 39.4 Å². The van der Waals surface area contributed by atoms with Crippen LogP contribution >= 0.6 is 12.2 Å². The molecule has 78 valence electrons. The lowest BCUT2D eigenvalue weighted by Gasteiger charge is -2.28. The van der Waals surface area contributed by atoms with Crippen LogP contribution in [0.5, 0.6) is 0 Å². The molecule has 2 atom stereocenters. The van der Waals surface area contributed by atoms with Gasteiger partial charge in [0, 0.05) is 6.54 Å². The van der Waals surface area contributed by atoms with Crippen molar-refractivity contribution in [2.75, 3.05) is 13.6 Å². The maximum absolute atomic E-state index is 5.66. The Balaban J connectivity index is 4.05. The van der Waals surface area contributed by atoms with E-state index in [0.717, 1.165) is 13.0 Å². The van der Waals surface area contributed by atoms with E-state index in [2.05, 4.69) is 32.7 Å². The summed E-state index contributed by atoms with van der Waals surface area (Å²) in [6.45, 7) is 7.66. The monoisotopic (exact) mass is 202 g/mol. The molecule has 0 rings (SSSR count). The van der Waals surface area contributed by atoms with Crippen LogP contribution in [0.15, 0.2) is 0 Å². The minimum absolute atomic E-state index is 0.268. The predicted octanol–water partition coefficient (Wildman–Crippen LogP) is 2.03.